The zero-order valence-electron chi connectivity index (χ0n) is 22.0. The second-order valence-corrected chi connectivity index (χ2v) is 10.6. The standard InChI is InChI=1S/C27H27Cl2FN6O4/c1-5-18(38)34-9-10-35-15(11-34)12-40-23-20(27(35)39)25(32-26-14(4)24(29)33-36(26)13(2)3)31-22(21(23)28)19-16(30)7-6-8-17(19)37/h5-8,13,15,37H,1,9-12H2,2-4H3,(H,31,32)/t15-/m1/s1. The van der Waals surface area contributed by atoms with Crippen molar-refractivity contribution in [2.45, 2.75) is 32.9 Å². The van der Waals surface area contributed by atoms with Crippen molar-refractivity contribution < 1.29 is 23.8 Å². The Morgan fingerprint density at radius 3 is 2.73 bits per heavy atom. The molecule has 1 atom stereocenters. The summed E-state index contributed by atoms with van der Waals surface area (Å²) >= 11 is 13.1. The Bertz CT molecular complexity index is 1520. The van der Waals surface area contributed by atoms with Gasteiger partial charge < -0.3 is 25.0 Å². The summed E-state index contributed by atoms with van der Waals surface area (Å²) in [7, 11) is 0. The van der Waals surface area contributed by atoms with E-state index in [-0.39, 0.29) is 76.0 Å². The number of nitrogens with one attached hydrogen (secondary N) is 1. The molecule has 210 valence electrons. The van der Waals surface area contributed by atoms with E-state index in [9.17, 15) is 14.7 Å². The van der Waals surface area contributed by atoms with Gasteiger partial charge in [-0.25, -0.2) is 14.1 Å². The zero-order chi connectivity index (χ0) is 28.9. The van der Waals surface area contributed by atoms with Crippen molar-refractivity contribution in [1.29, 1.82) is 0 Å². The van der Waals surface area contributed by atoms with Crippen LogP contribution in [0, 0.1) is 12.7 Å². The molecular formula is C27H27Cl2FN6O4. The molecule has 0 aliphatic carbocycles. The number of hydrogen-bond donors (Lipinski definition) is 2. The Balaban J connectivity index is 1.70. The van der Waals surface area contributed by atoms with Gasteiger partial charge in [0.2, 0.25) is 5.91 Å². The molecule has 1 aromatic carbocycles. The molecular weight excluding hydrogens is 562 g/mol. The molecule has 0 bridgehead atoms. The maximum atomic E-state index is 15.0. The van der Waals surface area contributed by atoms with Crippen molar-refractivity contribution in [2.75, 3.05) is 31.6 Å². The van der Waals surface area contributed by atoms with E-state index in [2.05, 4.69) is 22.0 Å². The van der Waals surface area contributed by atoms with Gasteiger partial charge in [-0.05, 0) is 39.0 Å². The first kappa shape index (κ1) is 27.7. The normalized spacial score (nSPS) is 16.8. The van der Waals surface area contributed by atoms with Crippen molar-refractivity contribution in [3.8, 4) is 22.8 Å². The number of piperazine rings is 1. The summed E-state index contributed by atoms with van der Waals surface area (Å²) in [6.07, 6.45) is 1.23. The lowest BCUT2D eigenvalue weighted by molar-refractivity contribution is -0.128. The molecule has 2 aromatic heterocycles. The fourth-order valence-corrected chi connectivity index (χ4v) is 5.38. The third-order valence-corrected chi connectivity index (χ3v) is 7.71. The van der Waals surface area contributed by atoms with E-state index in [4.69, 9.17) is 27.9 Å². The van der Waals surface area contributed by atoms with Crippen LogP contribution in [-0.2, 0) is 4.79 Å². The SMILES string of the molecule is C=CC(=O)N1CCN2C(=O)c3c(Nc4c(C)c(Cl)nn4C(C)C)nc(-c4c(O)cccc4F)c(Cl)c3OC[C@H]2C1. The number of carbonyl (C=O) groups is 2. The van der Waals surface area contributed by atoms with E-state index in [1.165, 1.54) is 24.3 Å². The number of carbonyl (C=O) groups excluding carboxylic acids is 2. The van der Waals surface area contributed by atoms with Crippen LogP contribution in [0.25, 0.3) is 11.3 Å². The topological polar surface area (TPSA) is 113 Å². The van der Waals surface area contributed by atoms with Gasteiger partial charge in [-0.2, -0.15) is 5.10 Å². The van der Waals surface area contributed by atoms with Crippen LogP contribution in [0.1, 0.15) is 35.8 Å². The van der Waals surface area contributed by atoms with E-state index in [1.54, 1.807) is 21.4 Å². The van der Waals surface area contributed by atoms with Crippen molar-refractivity contribution in [3.63, 3.8) is 0 Å². The van der Waals surface area contributed by atoms with Gasteiger partial charge in [0.25, 0.3) is 5.91 Å². The molecule has 0 saturated carbocycles. The van der Waals surface area contributed by atoms with Gasteiger partial charge >= 0.3 is 0 Å². The summed E-state index contributed by atoms with van der Waals surface area (Å²) in [5, 5.41) is 18.2. The Morgan fingerprint density at radius 2 is 2.05 bits per heavy atom. The molecule has 2 aliphatic rings. The van der Waals surface area contributed by atoms with E-state index in [1.807, 2.05) is 13.8 Å². The number of nitrogens with zero attached hydrogens (tertiary/aromatic N) is 5. The third-order valence-electron chi connectivity index (χ3n) is 7.00. The summed E-state index contributed by atoms with van der Waals surface area (Å²) in [5.41, 5.74) is 0.274. The molecule has 1 fully saturated rings. The van der Waals surface area contributed by atoms with Crippen molar-refractivity contribution >= 4 is 46.7 Å². The van der Waals surface area contributed by atoms with Gasteiger partial charge in [0, 0.05) is 31.2 Å². The van der Waals surface area contributed by atoms with Crippen LogP contribution in [0.2, 0.25) is 10.2 Å². The fraction of sp³-hybridized carbons (Fsp3) is 0.333. The van der Waals surface area contributed by atoms with Crippen molar-refractivity contribution in [2.24, 2.45) is 0 Å². The maximum absolute atomic E-state index is 15.0. The van der Waals surface area contributed by atoms with Gasteiger partial charge in [0.15, 0.2) is 10.9 Å². The third kappa shape index (κ3) is 4.62. The van der Waals surface area contributed by atoms with Crippen LogP contribution in [-0.4, -0.2) is 73.8 Å². The molecule has 13 heteroatoms. The number of halogens is 3. The number of aromatic nitrogens is 3. The maximum Gasteiger partial charge on any atom is 0.261 e. The zero-order valence-corrected chi connectivity index (χ0v) is 23.6. The highest BCUT2D eigenvalue weighted by Gasteiger charge is 2.40. The highest BCUT2D eigenvalue weighted by atomic mass is 35.5. The molecule has 2 aliphatic heterocycles. The number of pyridine rings is 1. The van der Waals surface area contributed by atoms with Gasteiger partial charge in [-0.1, -0.05) is 35.8 Å². The van der Waals surface area contributed by atoms with Crippen LogP contribution in [0.15, 0.2) is 30.9 Å². The number of phenolic OH excluding ortho intramolecular Hbond substituents is 1. The average Bonchev–Trinajstić information content (AvgIpc) is 3.11. The second kappa shape index (κ2) is 10.6. The molecule has 10 nitrogen and oxygen atoms in total. The monoisotopic (exact) mass is 588 g/mol. The van der Waals surface area contributed by atoms with Gasteiger partial charge in [0.05, 0.1) is 11.6 Å². The number of phenols is 1. The van der Waals surface area contributed by atoms with Crippen LogP contribution in [0.3, 0.4) is 0 Å². The van der Waals surface area contributed by atoms with E-state index < -0.39 is 17.8 Å². The summed E-state index contributed by atoms with van der Waals surface area (Å²) < 4.78 is 22.8. The molecule has 0 radical (unpaired) electrons. The molecule has 2 N–H and O–H groups in total. The number of anilines is 2. The molecule has 2 amide bonds. The average molecular weight is 589 g/mol. The van der Waals surface area contributed by atoms with Crippen LogP contribution < -0.4 is 10.1 Å². The molecule has 0 spiro atoms. The van der Waals surface area contributed by atoms with Crippen LogP contribution in [0.5, 0.6) is 11.5 Å². The molecule has 5 rings (SSSR count). The Labute approximate surface area is 239 Å². The van der Waals surface area contributed by atoms with E-state index >= 15 is 4.39 Å². The predicted molar refractivity (Wildman–Crippen MR) is 149 cm³/mol. The van der Waals surface area contributed by atoms with Crippen molar-refractivity contribution in [1.82, 2.24) is 24.6 Å². The smallest absolute Gasteiger partial charge is 0.261 e. The minimum absolute atomic E-state index is 0.0142. The highest BCUT2D eigenvalue weighted by Crippen LogP contribution is 2.46. The second-order valence-electron chi connectivity index (χ2n) is 9.84. The lowest BCUT2D eigenvalue weighted by Gasteiger charge is -2.39. The Morgan fingerprint density at radius 1 is 1.30 bits per heavy atom. The minimum atomic E-state index is -0.761. The molecule has 40 heavy (non-hydrogen) atoms. The van der Waals surface area contributed by atoms with Gasteiger partial charge in [-0.15, -0.1) is 0 Å². The Hall–Kier alpha value is -3.83. The molecule has 3 aromatic rings. The lowest BCUT2D eigenvalue weighted by Crippen LogP contribution is -2.57. The van der Waals surface area contributed by atoms with E-state index in [0.29, 0.717) is 17.9 Å². The number of benzene rings is 1. The summed E-state index contributed by atoms with van der Waals surface area (Å²) in [6, 6.07) is 3.24. The Kier molecular flexibility index (Phi) is 7.36. The fourth-order valence-electron chi connectivity index (χ4n) is 4.92. The van der Waals surface area contributed by atoms with E-state index in [0.717, 1.165) is 0 Å². The number of rotatable bonds is 5. The first-order chi connectivity index (χ1) is 19.0. The molecule has 0 unspecified atom stereocenters. The van der Waals surface area contributed by atoms with Crippen LogP contribution in [0.4, 0.5) is 16.0 Å². The number of hydrogen-bond acceptors (Lipinski definition) is 7. The van der Waals surface area contributed by atoms with Crippen molar-refractivity contribution in [3.05, 3.63) is 58.0 Å². The highest BCUT2D eigenvalue weighted by molar-refractivity contribution is 6.35. The van der Waals surface area contributed by atoms with Gasteiger partial charge in [0.1, 0.15) is 46.1 Å². The quantitative estimate of drug-likeness (QED) is 0.405. The summed E-state index contributed by atoms with van der Waals surface area (Å²) in [6.45, 7) is 9.93. The minimum Gasteiger partial charge on any atom is -0.507 e. The van der Waals surface area contributed by atoms with Gasteiger partial charge in [-0.3, -0.25) is 9.59 Å². The summed E-state index contributed by atoms with van der Waals surface area (Å²) in [4.78, 5) is 34.1. The summed E-state index contributed by atoms with van der Waals surface area (Å²) in [5.74, 6) is -1.35. The number of aromatic hydroxyl groups is 1. The number of ether oxygens (including phenoxy) is 1. The predicted octanol–water partition coefficient (Wildman–Crippen LogP) is 4.96. The first-order valence-electron chi connectivity index (χ1n) is 12.6. The number of fused-ring (bicyclic) bond motifs is 2. The molecule has 4 heterocycles. The molecule has 1 saturated heterocycles. The lowest BCUT2D eigenvalue weighted by atomic mass is 10.1. The number of amides is 2. The first-order valence-corrected chi connectivity index (χ1v) is 13.4. The van der Waals surface area contributed by atoms with Crippen LogP contribution >= 0.6 is 23.2 Å². The largest absolute Gasteiger partial charge is 0.507 e.